The Bertz CT molecular complexity index is 1240. The lowest BCUT2D eigenvalue weighted by Gasteiger charge is -2.16. The molecule has 0 saturated heterocycles. The van der Waals surface area contributed by atoms with E-state index in [0.29, 0.717) is 11.2 Å². The molecule has 4 nitrogen and oxygen atoms in total. The number of rotatable bonds is 7. The Morgan fingerprint density at radius 2 is 1.94 bits per heavy atom. The van der Waals surface area contributed by atoms with Crippen molar-refractivity contribution < 1.29 is 4.39 Å². The molecule has 0 bridgehead atoms. The van der Waals surface area contributed by atoms with E-state index in [1.807, 2.05) is 36.3 Å². The van der Waals surface area contributed by atoms with Gasteiger partial charge in [-0.25, -0.2) is 14.4 Å². The first-order chi connectivity index (χ1) is 16.2. The van der Waals surface area contributed by atoms with E-state index in [0.717, 1.165) is 46.5 Å². The van der Waals surface area contributed by atoms with Crippen LogP contribution in [0.3, 0.4) is 0 Å². The summed E-state index contributed by atoms with van der Waals surface area (Å²) < 4.78 is 13.5. The smallest absolute Gasteiger partial charge is 0.166 e. The average Bonchev–Trinajstić information content (AvgIpc) is 3.44. The van der Waals surface area contributed by atoms with Crippen molar-refractivity contribution in [1.82, 2.24) is 15.0 Å². The average molecular weight is 477 g/mol. The maximum Gasteiger partial charge on any atom is 0.166 e. The van der Waals surface area contributed by atoms with E-state index in [1.54, 1.807) is 23.9 Å². The van der Waals surface area contributed by atoms with Gasteiger partial charge in [-0.3, -0.25) is 0 Å². The second-order valence-corrected chi connectivity index (χ2v) is 10.0. The summed E-state index contributed by atoms with van der Waals surface area (Å²) in [4.78, 5) is 14.1. The molecule has 7 heteroatoms. The van der Waals surface area contributed by atoms with Gasteiger partial charge in [-0.15, -0.1) is 11.8 Å². The number of imidazole rings is 1. The predicted molar refractivity (Wildman–Crippen MR) is 138 cm³/mol. The van der Waals surface area contributed by atoms with Gasteiger partial charge in [-0.1, -0.05) is 48.6 Å². The molecule has 2 atom stereocenters. The van der Waals surface area contributed by atoms with Gasteiger partial charge in [0.05, 0.1) is 11.4 Å². The molecule has 0 amide bonds. The van der Waals surface area contributed by atoms with Crippen LogP contribution in [-0.2, 0) is 0 Å². The first-order valence-corrected chi connectivity index (χ1v) is 13.1. The molecule has 168 valence electrons. The minimum absolute atomic E-state index is 0.253. The van der Waals surface area contributed by atoms with Crippen molar-refractivity contribution in [3.8, 4) is 22.5 Å². The van der Waals surface area contributed by atoms with Gasteiger partial charge < -0.3 is 10.3 Å². The lowest BCUT2D eigenvalue weighted by molar-refractivity contribution is 0.628. The second kappa shape index (κ2) is 9.61. The fraction of sp³-hybridized carbons (Fsp3) is 0.231. The Morgan fingerprint density at radius 1 is 1.12 bits per heavy atom. The highest BCUT2D eigenvalue weighted by atomic mass is 32.2. The van der Waals surface area contributed by atoms with E-state index in [1.165, 1.54) is 22.6 Å². The predicted octanol–water partition coefficient (Wildman–Crippen LogP) is 6.93. The number of H-pyrrole nitrogens is 1. The van der Waals surface area contributed by atoms with E-state index in [-0.39, 0.29) is 5.82 Å². The van der Waals surface area contributed by atoms with Gasteiger partial charge in [-0.05, 0) is 49.1 Å². The Hall–Kier alpha value is -2.77. The topological polar surface area (TPSA) is 53.6 Å². The van der Waals surface area contributed by atoms with Gasteiger partial charge in [0.15, 0.2) is 5.16 Å². The number of halogens is 1. The Kier molecular flexibility index (Phi) is 6.42. The molecular formula is C26H25FN4S2. The van der Waals surface area contributed by atoms with Crippen LogP contribution in [0.4, 0.5) is 10.2 Å². The standard InChI is InChI=1S/C26H25FN4S2/c1-3-19-20-6-4-5-7-21(20)33-22(19)15-29-23-14-17(12-13-28-23)25-24(30-26(31-25)32-2)16-8-10-18(27)11-9-16/h4-14,20-21H,3,15H2,1-2H3,(H,28,29)(H,30,31). The third-order valence-electron chi connectivity index (χ3n) is 5.98. The van der Waals surface area contributed by atoms with Crippen LogP contribution in [0, 0.1) is 11.7 Å². The molecule has 0 spiro atoms. The van der Waals surface area contributed by atoms with Crippen LogP contribution in [0.2, 0.25) is 0 Å². The molecule has 2 aliphatic rings. The van der Waals surface area contributed by atoms with Crippen LogP contribution in [0.5, 0.6) is 0 Å². The van der Waals surface area contributed by atoms with E-state index in [9.17, 15) is 4.39 Å². The zero-order valence-corrected chi connectivity index (χ0v) is 20.1. The molecule has 2 unspecified atom stereocenters. The third kappa shape index (κ3) is 4.52. The van der Waals surface area contributed by atoms with Gasteiger partial charge in [-0.2, -0.15) is 0 Å². The molecule has 1 aliphatic heterocycles. The normalized spacial score (nSPS) is 19.2. The van der Waals surface area contributed by atoms with Crippen molar-refractivity contribution in [2.45, 2.75) is 23.8 Å². The van der Waals surface area contributed by atoms with Crippen LogP contribution in [-0.4, -0.2) is 33.0 Å². The number of hydrogen-bond donors (Lipinski definition) is 2. The van der Waals surface area contributed by atoms with Gasteiger partial charge in [0.25, 0.3) is 0 Å². The molecule has 5 rings (SSSR count). The Morgan fingerprint density at radius 3 is 2.73 bits per heavy atom. The summed E-state index contributed by atoms with van der Waals surface area (Å²) in [5, 5.41) is 4.85. The first kappa shape index (κ1) is 22.0. The summed E-state index contributed by atoms with van der Waals surface area (Å²) in [5.74, 6) is 1.07. The molecule has 0 fully saturated rings. The number of nitrogens with one attached hydrogen (secondary N) is 2. The highest BCUT2D eigenvalue weighted by Crippen LogP contribution is 2.46. The second-order valence-electron chi connectivity index (χ2n) is 7.94. The molecule has 0 radical (unpaired) electrons. The minimum atomic E-state index is -0.253. The molecule has 0 saturated carbocycles. The molecule has 3 aromatic rings. The third-order valence-corrected chi connectivity index (χ3v) is 7.97. The molecule has 1 aromatic carbocycles. The number of thioether (sulfide) groups is 2. The summed E-state index contributed by atoms with van der Waals surface area (Å²) in [6.07, 6.45) is 13.8. The largest absolute Gasteiger partial charge is 0.365 e. The van der Waals surface area contributed by atoms with Gasteiger partial charge in [0.2, 0.25) is 0 Å². The quantitative estimate of drug-likeness (QED) is 0.362. The SMILES string of the molecule is CCC1=C(CNc2cc(-c3nc(SC)[nH]c3-c3ccc(F)cc3)ccn2)SC2C=CC=CC12. The van der Waals surface area contributed by atoms with Gasteiger partial charge in [0, 0.05) is 39.9 Å². The molecule has 2 N–H and O–H groups in total. The van der Waals surface area contributed by atoms with Crippen molar-refractivity contribution in [3.63, 3.8) is 0 Å². The van der Waals surface area contributed by atoms with Crippen LogP contribution < -0.4 is 5.32 Å². The zero-order chi connectivity index (χ0) is 22.8. The van der Waals surface area contributed by atoms with Crippen molar-refractivity contribution in [2.24, 2.45) is 5.92 Å². The number of allylic oxidation sites excluding steroid dienone is 4. The molecule has 3 heterocycles. The monoisotopic (exact) mass is 476 g/mol. The maximum absolute atomic E-state index is 13.5. The minimum Gasteiger partial charge on any atom is -0.365 e. The van der Waals surface area contributed by atoms with Crippen LogP contribution in [0.15, 0.2) is 82.5 Å². The number of benzene rings is 1. The number of anilines is 1. The Labute approximate surface area is 201 Å². The fourth-order valence-electron chi connectivity index (χ4n) is 4.36. The van der Waals surface area contributed by atoms with Crippen molar-refractivity contribution in [1.29, 1.82) is 0 Å². The van der Waals surface area contributed by atoms with Crippen LogP contribution >= 0.6 is 23.5 Å². The molecular weight excluding hydrogens is 451 g/mol. The maximum atomic E-state index is 13.5. The number of aromatic amines is 1. The summed E-state index contributed by atoms with van der Waals surface area (Å²) in [5.41, 5.74) is 5.09. The van der Waals surface area contributed by atoms with Crippen LogP contribution in [0.1, 0.15) is 13.3 Å². The lowest BCUT2D eigenvalue weighted by atomic mass is 9.90. The highest BCUT2D eigenvalue weighted by Gasteiger charge is 2.32. The van der Waals surface area contributed by atoms with Crippen molar-refractivity contribution >= 4 is 29.3 Å². The number of fused-ring (bicyclic) bond motifs is 1. The highest BCUT2D eigenvalue weighted by molar-refractivity contribution is 8.04. The number of aromatic nitrogens is 3. The summed E-state index contributed by atoms with van der Waals surface area (Å²) >= 11 is 3.50. The van der Waals surface area contributed by atoms with E-state index in [4.69, 9.17) is 4.98 Å². The first-order valence-electron chi connectivity index (χ1n) is 11.0. The summed E-state index contributed by atoms with van der Waals surface area (Å²) in [6, 6.07) is 10.5. The zero-order valence-electron chi connectivity index (χ0n) is 18.5. The summed E-state index contributed by atoms with van der Waals surface area (Å²) in [6.45, 7) is 3.00. The number of pyridine rings is 1. The lowest BCUT2D eigenvalue weighted by Crippen LogP contribution is -2.11. The van der Waals surface area contributed by atoms with E-state index in [2.05, 4.69) is 46.5 Å². The van der Waals surface area contributed by atoms with Crippen molar-refractivity contribution in [3.05, 3.63) is 83.2 Å². The molecule has 1 aliphatic carbocycles. The summed E-state index contributed by atoms with van der Waals surface area (Å²) in [7, 11) is 0. The van der Waals surface area contributed by atoms with Gasteiger partial charge in [0.1, 0.15) is 11.6 Å². The van der Waals surface area contributed by atoms with E-state index >= 15 is 0 Å². The number of nitrogens with zero attached hydrogens (tertiary/aromatic N) is 2. The van der Waals surface area contributed by atoms with E-state index < -0.39 is 0 Å². The van der Waals surface area contributed by atoms with Crippen LogP contribution in [0.25, 0.3) is 22.5 Å². The Balaban J connectivity index is 1.40. The van der Waals surface area contributed by atoms with Crippen molar-refractivity contribution in [2.75, 3.05) is 18.1 Å². The fourth-order valence-corrected chi connectivity index (χ4v) is 6.23. The molecule has 33 heavy (non-hydrogen) atoms. The molecule has 2 aromatic heterocycles. The number of hydrogen-bond acceptors (Lipinski definition) is 5. The van der Waals surface area contributed by atoms with Gasteiger partial charge >= 0.3 is 0 Å².